The first kappa shape index (κ1) is 17.6. The number of hydrogen-bond acceptors (Lipinski definition) is 4. The van der Waals surface area contributed by atoms with E-state index in [4.69, 9.17) is 14.2 Å². The zero-order chi connectivity index (χ0) is 15.8. The summed E-state index contributed by atoms with van der Waals surface area (Å²) in [6.07, 6.45) is 2.20. The summed E-state index contributed by atoms with van der Waals surface area (Å²) in [6.45, 7) is 7.61. The number of rotatable bonds is 9. The molecule has 2 unspecified atom stereocenters. The Labute approximate surface area is 128 Å². The number of methoxy groups -OCH3 is 3. The van der Waals surface area contributed by atoms with E-state index < -0.39 is 0 Å². The smallest absolute Gasteiger partial charge is 0.203 e. The van der Waals surface area contributed by atoms with Crippen LogP contribution < -0.4 is 19.5 Å². The Morgan fingerprint density at radius 2 is 1.67 bits per heavy atom. The van der Waals surface area contributed by atoms with Gasteiger partial charge < -0.3 is 19.5 Å². The number of nitrogens with one attached hydrogen (secondary N) is 1. The molecule has 0 radical (unpaired) electrons. The maximum Gasteiger partial charge on any atom is 0.203 e. The average Bonchev–Trinajstić information content (AvgIpc) is 2.53. The van der Waals surface area contributed by atoms with Crippen LogP contribution in [0, 0.1) is 5.92 Å². The van der Waals surface area contributed by atoms with Gasteiger partial charge in [-0.25, -0.2) is 0 Å². The highest BCUT2D eigenvalue weighted by atomic mass is 16.5. The lowest BCUT2D eigenvalue weighted by Gasteiger charge is -2.27. The average molecular weight is 295 g/mol. The minimum absolute atomic E-state index is 0.240. The van der Waals surface area contributed by atoms with Crippen molar-refractivity contribution in [2.24, 2.45) is 5.92 Å². The molecule has 4 heteroatoms. The molecular weight excluding hydrogens is 266 g/mol. The van der Waals surface area contributed by atoms with Crippen LogP contribution in [0.5, 0.6) is 17.2 Å². The van der Waals surface area contributed by atoms with Gasteiger partial charge in [0.1, 0.15) is 0 Å². The molecule has 1 N–H and O–H groups in total. The largest absolute Gasteiger partial charge is 0.493 e. The molecule has 0 bridgehead atoms. The molecule has 1 aromatic rings. The fraction of sp³-hybridized carbons (Fsp3) is 0.647. The van der Waals surface area contributed by atoms with Gasteiger partial charge in [0.25, 0.3) is 0 Å². The lowest BCUT2D eigenvalue weighted by atomic mass is 9.91. The molecular formula is C17H29NO3. The van der Waals surface area contributed by atoms with E-state index in [9.17, 15) is 0 Å². The van der Waals surface area contributed by atoms with Gasteiger partial charge in [0.2, 0.25) is 5.75 Å². The molecule has 120 valence electrons. The molecule has 1 aromatic carbocycles. The van der Waals surface area contributed by atoms with Gasteiger partial charge in [0, 0.05) is 11.6 Å². The van der Waals surface area contributed by atoms with E-state index in [1.807, 2.05) is 6.07 Å². The topological polar surface area (TPSA) is 39.7 Å². The molecule has 0 fully saturated rings. The van der Waals surface area contributed by atoms with Gasteiger partial charge in [-0.2, -0.15) is 0 Å². The fourth-order valence-corrected chi connectivity index (χ4v) is 2.52. The Morgan fingerprint density at radius 1 is 1.00 bits per heavy atom. The standard InChI is InChI=1S/C17H29NO3/c1-7-11-18-15(12(3)8-2)13-9-10-14(19-4)17(21-6)16(13)20-5/h9-10,12,15,18H,7-8,11H2,1-6H3. The number of hydrogen-bond donors (Lipinski definition) is 1. The normalized spacial score (nSPS) is 13.6. The van der Waals surface area contributed by atoms with Crippen LogP contribution in [0.15, 0.2) is 12.1 Å². The SMILES string of the molecule is CCCNC(c1ccc(OC)c(OC)c1OC)C(C)CC. The summed E-state index contributed by atoms with van der Waals surface area (Å²) in [5.41, 5.74) is 1.12. The molecule has 0 aromatic heterocycles. The van der Waals surface area contributed by atoms with Crippen molar-refractivity contribution in [1.29, 1.82) is 0 Å². The summed E-state index contributed by atoms with van der Waals surface area (Å²) in [5, 5.41) is 3.62. The summed E-state index contributed by atoms with van der Waals surface area (Å²) in [4.78, 5) is 0. The fourth-order valence-electron chi connectivity index (χ4n) is 2.52. The molecule has 0 aliphatic carbocycles. The Hall–Kier alpha value is -1.42. The summed E-state index contributed by atoms with van der Waals surface area (Å²) in [7, 11) is 4.95. The minimum Gasteiger partial charge on any atom is -0.493 e. The molecule has 1 rings (SSSR count). The van der Waals surface area contributed by atoms with Crippen molar-refractivity contribution in [3.05, 3.63) is 17.7 Å². The van der Waals surface area contributed by atoms with Crippen molar-refractivity contribution < 1.29 is 14.2 Å². The maximum absolute atomic E-state index is 5.62. The van der Waals surface area contributed by atoms with Gasteiger partial charge in [-0.15, -0.1) is 0 Å². The molecule has 0 aliphatic rings. The van der Waals surface area contributed by atoms with Crippen LogP contribution >= 0.6 is 0 Å². The Bertz CT molecular complexity index is 434. The van der Waals surface area contributed by atoms with Gasteiger partial charge in [-0.3, -0.25) is 0 Å². The molecule has 4 nitrogen and oxygen atoms in total. The van der Waals surface area contributed by atoms with Gasteiger partial charge in [0.15, 0.2) is 11.5 Å². The van der Waals surface area contributed by atoms with E-state index in [0.29, 0.717) is 17.4 Å². The molecule has 0 aliphatic heterocycles. The van der Waals surface area contributed by atoms with E-state index in [-0.39, 0.29) is 6.04 Å². The van der Waals surface area contributed by atoms with Gasteiger partial charge in [-0.1, -0.05) is 27.2 Å². The summed E-state index contributed by atoms with van der Waals surface area (Å²) in [5.74, 6) is 2.61. The van der Waals surface area contributed by atoms with Crippen LogP contribution in [0.3, 0.4) is 0 Å². The Kier molecular flexibility index (Phi) is 7.37. The van der Waals surface area contributed by atoms with E-state index in [1.54, 1.807) is 21.3 Å². The first-order valence-electron chi connectivity index (χ1n) is 7.66. The second-order valence-corrected chi connectivity index (χ2v) is 5.24. The van der Waals surface area contributed by atoms with E-state index in [1.165, 1.54) is 0 Å². The highest BCUT2D eigenvalue weighted by Crippen LogP contribution is 2.43. The third-order valence-electron chi connectivity index (χ3n) is 3.90. The van der Waals surface area contributed by atoms with Crippen molar-refractivity contribution in [3.63, 3.8) is 0 Å². The molecule has 0 amide bonds. The molecule has 0 spiro atoms. The third kappa shape index (κ3) is 4.03. The summed E-state index contributed by atoms with van der Waals surface area (Å²) < 4.78 is 16.5. The van der Waals surface area contributed by atoms with Crippen molar-refractivity contribution in [2.45, 2.75) is 39.7 Å². The first-order valence-corrected chi connectivity index (χ1v) is 7.66. The molecule has 2 atom stereocenters. The van der Waals surface area contributed by atoms with Crippen LogP contribution in [-0.2, 0) is 0 Å². The van der Waals surface area contributed by atoms with Crippen LogP contribution in [-0.4, -0.2) is 27.9 Å². The van der Waals surface area contributed by atoms with Crippen molar-refractivity contribution in [1.82, 2.24) is 5.32 Å². The van der Waals surface area contributed by atoms with Crippen LogP contribution in [0.1, 0.15) is 45.2 Å². The van der Waals surface area contributed by atoms with Crippen molar-refractivity contribution >= 4 is 0 Å². The highest BCUT2D eigenvalue weighted by molar-refractivity contribution is 5.56. The van der Waals surface area contributed by atoms with Crippen LogP contribution in [0.4, 0.5) is 0 Å². The highest BCUT2D eigenvalue weighted by Gasteiger charge is 2.25. The van der Waals surface area contributed by atoms with E-state index in [2.05, 4.69) is 32.2 Å². The number of ether oxygens (including phenoxy) is 3. The third-order valence-corrected chi connectivity index (χ3v) is 3.90. The van der Waals surface area contributed by atoms with Gasteiger partial charge in [0.05, 0.1) is 21.3 Å². The maximum atomic E-state index is 5.62. The van der Waals surface area contributed by atoms with Crippen molar-refractivity contribution in [3.8, 4) is 17.2 Å². The zero-order valence-corrected chi connectivity index (χ0v) is 14.2. The molecule has 0 heterocycles. The van der Waals surface area contributed by atoms with Crippen LogP contribution in [0.25, 0.3) is 0 Å². The van der Waals surface area contributed by atoms with Gasteiger partial charge >= 0.3 is 0 Å². The lowest BCUT2D eigenvalue weighted by molar-refractivity contribution is 0.309. The predicted molar refractivity (Wildman–Crippen MR) is 86.6 cm³/mol. The van der Waals surface area contributed by atoms with Crippen LogP contribution in [0.2, 0.25) is 0 Å². The second-order valence-electron chi connectivity index (χ2n) is 5.24. The predicted octanol–water partition coefficient (Wildman–Crippen LogP) is 3.80. The Balaban J connectivity index is 3.29. The monoisotopic (exact) mass is 295 g/mol. The van der Waals surface area contributed by atoms with E-state index >= 15 is 0 Å². The minimum atomic E-state index is 0.240. The second kappa shape index (κ2) is 8.78. The first-order chi connectivity index (χ1) is 10.1. The quantitative estimate of drug-likeness (QED) is 0.752. The summed E-state index contributed by atoms with van der Waals surface area (Å²) in [6, 6.07) is 4.25. The molecule has 21 heavy (non-hydrogen) atoms. The van der Waals surface area contributed by atoms with Gasteiger partial charge in [-0.05, 0) is 31.0 Å². The van der Waals surface area contributed by atoms with E-state index in [0.717, 1.165) is 30.7 Å². The lowest BCUT2D eigenvalue weighted by Crippen LogP contribution is -2.28. The Morgan fingerprint density at radius 3 is 2.14 bits per heavy atom. The van der Waals surface area contributed by atoms with Crippen molar-refractivity contribution in [2.75, 3.05) is 27.9 Å². The molecule has 0 saturated heterocycles. The molecule has 0 saturated carbocycles. The zero-order valence-electron chi connectivity index (χ0n) is 14.2. The number of benzene rings is 1. The summed E-state index contributed by atoms with van der Waals surface area (Å²) >= 11 is 0.